The van der Waals surface area contributed by atoms with E-state index in [9.17, 15) is 14.7 Å². The molecule has 1 unspecified atom stereocenters. The second-order valence-electron chi connectivity index (χ2n) is 6.90. The van der Waals surface area contributed by atoms with Crippen LogP contribution in [0.25, 0.3) is 5.76 Å². The molecule has 1 amide bonds. The van der Waals surface area contributed by atoms with Gasteiger partial charge in [0.1, 0.15) is 17.6 Å². The van der Waals surface area contributed by atoms with Crippen molar-refractivity contribution >= 4 is 23.1 Å². The molecule has 5 heteroatoms. The smallest absolute Gasteiger partial charge is 0.300 e. The van der Waals surface area contributed by atoms with Gasteiger partial charge in [0.25, 0.3) is 11.7 Å². The van der Waals surface area contributed by atoms with Crippen molar-refractivity contribution in [1.29, 1.82) is 0 Å². The number of furan rings is 1. The number of hydrogen-bond donors (Lipinski definition) is 1. The minimum atomic E-state index is -0.837. The Labute approximate surface area is 162 Å². The van der Waals surface area contributed by atoms with Gasteiger partial charge in [0.05, 0.1) is 11.8 Å². The third-order valence-corrected chi connectivity index (χ3v) is 4.79. The van der Waals surface area contributed by atoms with Crippen molar-refractivity contribution in [3.63, 3.8) is 0 Å². The number of rotatable bonds is 3. The lowest BCUT2D eigenvalue weighted by Gasteiger charge is -2.24. The highest BCUT2D eigenvalue weighted by atomic mass is 16.3. The number of aliphatic hydroxyl groups is 1. The zero-order valence-corrected chi connectivity index (χ0v) is 15.5. The molecule has 1 fully saturated rings. The Bertz CT molecular complexity index is 1060. The highest BCUT2D eigenvalue weighted by Gasteiger charge is 2.48. The van der Waals surface area contributed by atoms with Gasteiger partial charge in [-0.3, -0.25) is 14.5 Å². The molecule has 0 aliphatic carbocycles. The Morgan fingerprint density at radius 1 is 0.964 bits per heavy atom. The predicted octanol–water partition coefficient (Wildman–Crippen LogP) is 4.52. The maximum atomic E-state index is 13.0. The molecule has 0 bridgehead atoms. The molecule has 1 saturated heterocycles. The lowest BCUT2D eigenvalue weighted by atomic mass is 9.99. The van der Waals surface area contributed by atoms with Gasteiger partial charge in [0.15, 0.2) is 0 Å². The maximum Gasteiger partial charge on any atom is 0.300 e. The van der Waals surface area contributed by atoms with E-state index in [0.717, 1.165) is 11.1 Å². The average molecular weight is 373 g/mol. The molecule has 4 rings (SSSR count). The third-order valence-electron chi connectivity index (χ3n) is 4.79. The lowest BCUT2D eigenvalue weighted by Crippen LogP contribution is -2.29. The number of anilines is 1. The number of carbonyl (C=O) groups excluding carboxylic acids is 2. The van der Waals surface area contributed by atoms with Crippen LogP contribution >= 0.6 is 0 Å². The second kappa shape index (κ2) is 6.85. The first-order valence-corrected chi connectivity index (χ1v) is 8.95. The summed E-state index contributed by atoms with van der Waals surface area (Å²) in [5.41, 5.74) is 3.02. The van der Waals surface area contributed by atoms with E-state index in [1.165, 1.54) is 11.2 Å². The summed E-state index contributed by atoms with van der Waals surface area (Å²) >= 11 is 0. The summed E-state index contributed by atoms with van der Waals surface area (Å²) in [7, 11) is 0. The first-order chi connectivity index (χ1) is 13.5. The van der Waals surface area contributed by atoms with E-state index >= 15 is 0 Å². The fourth-order valence-corrected chi connectivity index (χ4v) is 3.66. The number of aryl methyl sites for hydroxylation is 2. The minimum Gasteiger partial charge on any atom is -0.507 e. The topological polar surface area (TPSA) is 70.8 Å². The number of hydrogen-bond acceptors (Lipinski definition) is 4. The number of amides is 1. The number of benzene rings is 2. The van der Waals surface area contributed by atoms with Crippen molar-refractivity contribution in [2.75, 3.05) is 4.90 Å². The first kappa shape index (κ1) is 17.8. The van der Waals surface area contributed by atoms with Crippen LogP contribution in [0.2, 0.25) is 0 Å². The maximum absolute atomic E-state index is 13.0. The molecule has 2 heterocycles. The molecule has 0 radical (unpaired) electrons. The van der Waals surface area contributed by atoms with E-state index in [1.54, 1.807) is 36.4 Å². The summed E-state index contributed by atoms with van der Waals surface area (Å²) in [6.45, 7) is 3.86. The van der Waals surface area contributed by atoms with E-state index in [1.807, 2.05) is 38.1 Å². The van der Waals surface area contributed by atoms with E-state index in [-0.39, 0.29) is 11.3 Å². The molecule has 1 aliphatic rings. The Morgan fingerprint density at radius 3 is 2.25 bits per heavy atom. The normalized spacial score (nSPS) is 18.6. The Morgan fingerprint density at radius 2 is 1.64 bits per heavy atom. The number of carbonyl (C=O) groups is 2. The molecule has 1 aliphatic heterocycles. The summed E-state index contributed by atoms with van der Waals surface area (Å²) in [6.07, 6.45) is 1.49. The molecular weight excluding hydrogens is 354 g/mol. The predicted molar refractivity (Wildman–Crippen MR) is 106 cm³/mol. The summed E-state index contributed by atoms with van der Waals surface area (Å²) < 4.78 is 5.55. The summed E-state index contributed by atoms with van der Waals surface area (Å²) in [5, 5.41) is 10.9. The number of nitrogens with zero attached hydrogens (tertiary/aromatic N) is 1. The molecular formula is C23H19NO4. The Kier molecular flexibility index (Phi) is 4.35. The molecule has 5 nitrogen and oxygen atoms in total. The van der Waals surface area contributed by atoms with Gasteiger partial charge in [-0.2, -0.15) is 0 Å². The van der Waals surface area contributed by atoms with Crippen LogP contribution < -0.4 is 4.90 Å². The molecule has 3 aromatic rings. The summed E-state index contributed by atoms with van der Waals surface area (Å²) in [6, 6.07) is 17.0. The summed E-state index contributed by atoms with van der Waals surface area (Å²) in [4.78, 5) is 27.3. The average Bonchev–Trinajstić information content (AvgIpc) is 3.28. The van der Waals surface area contributed by atoms with Gasteiger partial charge < -0.3 is 9.52 Å². The van der Waals surface area contributed by atoms with Crippen LogP contribution in [0.4, 0.5) is 5.69 Å². The first-order valence-electron chi connectivity index (χ1n) is 8.95. The van der Waals surface area contributed by atoms with Crippen molar-refractivity contribution in [2.24, 2.45) is 0 Å². The van der Waals surface area contributed by atoms with Crippen molar-refractivity contribution in [2.45, 2.75) is 19.9 Å². The zero-order valence-electron chi connectivity index (χ0n) is 15.5. The molecule has 1 aromatic heterocycles. The Hall–Kier alpha value is -3.60. The monoisotopic (exact) mass is 373 g/mol. The number of ketones is 1. The van der Waals surface area contributed by atoms with Crippen LogP contribution in [0, 0.1) is 13.8 Å². The number of aliphatic hydroxyl groups excluding tert-OH is 1. The van der Waals surface area contributed by atoms with E-state index in [0.29, 0.717) is 17.0 Å². The second-order valence-corrected chi connectivity index (χ2v) is 6.90. The van der Waals surface area contributed by atoms with Gasteiger partial charge >= 0.3 is 0 Å². The van der Waals surface area contributed by atoms with Gasteiger partial charge in [-0.15, -0.1) is 0 Å². The van der Waals surface area contributed by atoms with E-state index < -0.39 is 17.7 Å². The van der Waals surface area contributed by atoms with E-state index in [4.69, 9.17) is 4.42 Å². The van der Waals surface area contributed by atoms with Crippen LogP contribution in [-0.2, 0) is 9.59 Å². The van der Waals surface area contributed by atoms with Gasteiger partial charge in [0, 0.05) is 11.3 Å². The lowest BCUT2D eigenvalue weighted by molar-refractivity contribution is -0.132. The van der Waals surface area contributed by atoms with Crippen LogP contribution in [-0.4, -0.2) is 16.8 Å². The molecule has 0 spiro atoms. The van der Waals surface area contributed by atoms with Crippen molar-refractivity contribution in [3.05, 3.63) is 95.0 Å². The molecule has 1 N–H and O–H groups in total. The van der Waals surface area contributed by atoms with Crippen molar-refractivity contribution in [3.8, 4) is 0 Å². The largest absolute Gasteiger partial charge is 0.507 e. The fraction of sp³-hybridized carbons (Fsp3) is 0.130. The van der Waals surface area contributed by atoms with Crippen LogP contribution in [0.3, 0.4) is 0 Å². The van der Waals surface area contributed by atoms with Gasteiger partial charge in [-0.05, 0) is 49.2 Å². The zero-order chi connectivity index (χ0) is 19.8. The van der Waals surface area contributed by atoms with Gasteiger partial charge in [0.2, 0.25) is 0 Å². The van der Waals surface area contributed by atoms with E-state index in [2.05, 4.69) is 0 Å². The highest BCUT2D eigenvalue weighted by Crippen LogP contribution is 2.42. The SMILES string of the molecule is Cc1cc(C)cc(N2C(=O)C(=O)/C(=C(\O)c3ccccc3)C2c2ccco2)c1. The van der Waals surface area contributed by atoms with Crippen LogP contribution in [0.15, 0.2) is 76.9 Å². The highest BCUT2D eigenvalue weighted by molar-refractivity contribution is 6.51. The Balaban J connectivity index is 1.95. The number of Topliss-reactive ketones (excluding diaryl/α,β-unsaturated/α-hetero) is 1. The van der Waals surface area contributed by atoms with Gasteiger partial charge in [-0.25, -0.2) is 0 Å². The van der Waals surface area contributed by atoms with Crippen molar-refractivity contribution < 1.29 is 19.1 Å². The molecule has 0 saturated carbocycles. The van der Waals surface area contributed by atoms with Crippen LogP contribution in [0.1, 0.15) is 28.5 Å². The fourth-order valence-electron chi connectivity index (χ4n) is 3.66. The standard InChI is InChI=1S/C23H19NO4/c1-14-11-15(2)13-17(12-14)24-20(18-9-6-10-28-18)19(22(26)23(24)27)21(25)16-7-4-3-5-8-16/h3-13,20,25H,1-2H3/b21-19-. The third kappa shape index (κ3) is 2.91. The molecule has 28 heavy (non-hydrogen) atoms. The van der Waals surface area contributed by atoms with Gasteiger partial charge in [-0.1, -0.05) is 36.4 Å². The summed E-state index contributed by atoms with van der Waals surface area (Å²) in [5.74, 6) is -1.23. The van der Waals surface area contributed by atoms with Crippen LogP contribution in [0.5, 0.6) is 0 Å². The molecule has 2 aromatic carbocycles. The van der Waals surface area contributed by atoms with Crippen molar-refractivity contribution in [1.82, 2.24) is 0 Å². The molecule has 1 atom stereocenters. The minimum absolute atomic E-state index is 0.0188. The molecule has 140 valence electrons. The quantitative estimate of drug-likeness (QED) is 0.416.